The number of anilines is 1. The van der Waals surface area contributed by atoms with Gasteiger partial charge in [0.2, 0.25) is 5.95 Å². The third-order valence-corrected chi connectivity index (χ3v) is 5.85. The molecule has 3 heterocycles. The van der Waals surface area contributed by atoms with Gasteiger partial charge in [-0.25, -0.2) is 9.97 Å². The van der Waals surface area contributed by atoms with Crippen molar-refractivity contribution in [2.24, 2.45) is 5.92 Å². The Morgan fingerprint density at radius 1 is 1.17 bits per heavy atom. The van der Waals surface area contributed by atoms with Crippen LogP contribution >= 0.6 is 0 Å². The van der Waals surface area contributed by atoms with Crippen molar-refractivity contribution in [1.29, 1.82) is 0 Å². The van der Waals surface area contributed by atoms with Crippen LogP contribution in [0.15, 0.2) is 36.4 Å². The summed E-state index contributed by atoms with van der Waals surface area (Å²) in [6.07, 6.45) is 5.56. The minimum Gasteiger partial charge on any atom is -0.376 e. The summed E-state index contributed by atoms with van der Waals surface area (Å²) in [5.41, 5.74) is 2.67. The average Bonchev–Trinajstić information content (AvgIpc) is 3.26. The first-order valence-corrected chi connectivity index (χ1v) is 10.7. The van der Waals surface area contributed by atoms with Crippen molar-refractivity contribution in [3.8, 4) is 0 Å². The molecule has 6 heteroatoms. The first kappa shape index (κ1) is 19.8. The molecule has 154 valence electrons. The first-order chi connectivity index (χ1) is 14.2. The highest BCUT2D eigenvalue weighted by molar-refractivity contribution is 5.92. The molecule has 2 aliphatic heterocycles. The van der Waals surface area contributed by atoms with Gasteiger partial charge in [0.15, 0.2) is 0 Å². The molecular formula is C23H30N4O2. The summed E-state index contributed by atoms with van der Waals surface area (Å²) < 4.78 is 5.58. The number of aromatic nitrogens is 2. The molecule has 0 bridgehead atoms. The highest BCUT2D eigenvalue weighted by atomic mass is 16.5. The van der Waals surface area contributed by atoms with Gasteiger partial charge < -0.3 is 15.0 Å². The molecule has 1 unspecified atom stereocenters. The van der Waals surface area contributed by atoms with Crippen molar-refractivity contribution >= 4 is 11.9 Å². The van der Waals surface area contributed by atoms with Gasteiger partial charge in [-0.3, -0.25) is 4.79 Å². The van der Waals surface area contributed by atoms with Crippen LogP contribution in [0.25, 0.3) is 0 Å². The quantitative estimate of drug-likeness (QED) is 0.815. The maximum atomic E-state index is 12.6. The van der Waals surface area contributed by atoms with Crippen LogP contribution < -0.4 is 10.2 Å². The van der Waals surface area contributed by atoms with Crippen LogP contribution in [0.4, 0.5) is 5.95 Å². The molecule has 6 nitrogen and oxygen atoms in total. The Hall–Kier alpha value is -2.47. The van der Waals surface area contributed by atoms with Crippen LogP contribution in [0.1, 0.15) is 47.4 Å². The fourth-order valence-corrected chi connectivity index (χ4v) is 4.20. The summed E-state index contributed by atoms with van der Waals surface area (Å²) in [4.78, 5) is 24.0. The van der Waals surface area contributed by atoms with Gasteiger partial charge in [-0.05, 0) is 56.6 Å². The minimum atomic E-state index is -0.147. The van der Waals surface area contributed by atoms with Gasteiger partial charge in [0.05, 0.1) is 6.10 Å². The molecule has 1 aromatic heterocycles. The van der Waals surface area contributed by atoms with Crippen LogP contribution in [0.3, 0.4) is 0 Å². The summed E-state index contributed by atoms with van der Waals surface area (Å²) in [5, 5.41) is 2.96. The number of nitrogens with zero attached hydrogens (tertiary/aromatic N) is 3. The number of nitrogens with one attached hydrogen (secondary N) is 1. The van der Waals surface area contributed by atoms with E-state index in [1.54, 1.807) is 6.07 Å². The summed E-state index contributed by atoms with van der Waals surface area (Å²) in [6.45, 7) is 5.11. The molecule has 2 saturated heterocycles. The molecule has 1 atom stereocenters. The van der Waals surface area contributed by atoms with Gasteiger partial charge in [-0.15, -0.1) is 0 Å². The van der Waals surface area contributed by atoms with E-state index in [9.17, 15) is 4.79 Å². The maximum absolute atomic E-state index is 12.6. The van der Waals surface area contributed by atoms with Crippen LogP contribution in [0.5, 0.6) is 0 Å². The summed E-state index contributed by atoms with van der Waals surface area (Å²) in [5.74, 6) is 1.21. The third kappa shape index (κ3) is 5.32. The number of hydrogen-bond donors (Lipinski definition) is 1. The average molecular weight is 395 g/mol. The standard InChI is InChI=1S/C23H30N4O2/c1-17-14-21(22(28)24-16-20-8-5-13-29-20)26-23(25-17)27-11-9-19(10-12-27)15-18-6-3-2-4-7-18/h2-4,6-7,14,19-20H,5,8-13,15-16H2,1H3,(H,24,28). The van der Waals surface area contributed by atoms with Crippen molar-refractivity contribution in [2.45, 2.75) is 45.1 Å². The lowest BCUT2D eigenvalue weighted by atomic mass is 9.90. The highest BCUT2D eigenvalue weighted by Crippen LogP contribution is 2.24. The van der Waals surface area contributed by atoms with Crippen LogP contribution in [-0.4, -0.2) is 48.2 Å². The van der Waals surface area contributed by atoms with Crippen LogP contribution in [0.2, 0.25) is 0 Å². The number of rotatable bonds is 6. The van der Waals surface area contributed by atoms with Crippen LogP contribution in [-0.2, 0) is 11.2 Å². The van der Waals surface area contributed by atoms with E-state index in [0.717, 1.165) is 57.5 Å². The topological polar surface area (TPSA) is 67.3 Å². The fraction of sp³-hybridized carbons (Fsp3) is 0.522. The Morgan fingerprint density at radius 3 is 2.69 bits per heavy atom. The Labute approximate surface area is 172 Å². The lowest BCUT2D eigenvalue weighted by molar-refractivity contribution is 0.0853. The Bertz CT molecular complexity index is 813. The normalized spacial score (nSPS) is 20.0. The molecular weight excluding hydrogens is 364 g/mol. The maximum Gasteiger partial charge on any atom is 0.270 e. The smallest absolute Gasteiger partial charge is 0.270 e. The van der Waals surface area contributed by atoms with E-state index in [2.05, 4.69) is 50.5 Å². The van der Waals surface area contributed by atoms with Crippen molar-refractivity contribution in [1.82, 2.24) is 15.3 Å². The van der Waals surface area contributed by atoms with Gasteiger partial charge in [-0.1, -0.05) is 30.3 Å². The van der Waals surface area contributed by atoms with Gasteiger partial charge in [0.1, 0.15) is 5.69 Å². The molecule has 1 aromatic carbocycles. The molecule has 2 aromatic rings. The molecule has 1 N–H and O–H groups in total. The van der Waals surface area contributed by atoms with E-state index >= 15 is 0 Å². The third-order valence-electron chi connectivity index (χ3n) is 5.85. The molecule has 0 saturated carbocycles. The zero-order valence-corrected chi connectivity index (χ0v) is 17.1. The highest BCUT2D eigenvalue weighted by Gasteiger charge is 2.23. The number of benzene rings is 1. The van der Waals surface area contributed by atoms with E-state index in [0.29, 0.717) is 24.1 Å². The fourth-order valence-electron chi connectivity index (χ4n) is 4.20. The molecule has 29 heavy (non-hydrogen) atoms. The van der Waals surface area contributed by atoms with Crippen molar-refractivity contribution < 1.29 is 9.53 Å². The number of piperidine rings is 1. The lowest BCUT2D eigenvalue weighted by Crippen LogP contribution is -2.36. The summed E-state index contributed by atoms with van der Waals surface area (Å²) in [7, 11) is 0. The van der Waals surface area contributed by atoms with Gasteiger partial charge in [0.25, 0.3) is 5.91 Å². The summed E-state index contributed by atoms with van der Waals surface area (Å²) in [6, 6.07) is 12.5. The second-order valence-electron chi connectivity index (χ2n) is 8.16. The zero-order chi connectivity index (χ0) is 20.1. The SMILES string of the molecule is Cc1cc(C(=O)NCC2CCCO2)nc(N2CCC(Cc3ccccc3)CC2)n1. The van der Waals surface area contributed by atoms with Gasteiger partial charge >= 0.3 is 0 Å². The number of hydrogen-bond acceptors (Lipinski definition) is 5. The van der Waals surface area contributed by atoms with Crippen molar-refractivity contribution in [3.63, 3.8) is 0 Å². The van der Waals surface area contributed by atoms with E-state index in [4.69, 9.17) is 4.74 Å². The molecule has 1 amide bonds. The molecule has 0 spiro atoms. The molecule has 2 aliphatic rings. The van der Waals surface area contributed by atoms with Gasteiger partial charge in [-0.2, -0.15) is 0 Å². The van der Waals surface area contributed by atoms with Crippen molar-refractivity contribution in [3.05, 3.63) is 53.3 Å². The molecule has 0 aliphatic carbocycles. The van der Waals surface area contributed by atoms with Gasteiger partial charge in [0, 0.05) is 31.9 Å². The Morgan fingerprint density at radius 2 is 1.97 bits per heavy atom. The number of carbonyl (C=O) groups excluding carboxylic acids is 1. The van der Waals surface area contributed by atoms with E-state index in [-0.39, 0.29) is 12.0 Å². The first-order valence-electron chi connectivity index (χ1n) is 10.7. The van der Waals surface area contributed by atoms with E-state index < -0.39 is 0 Å². The molecule has 0 radical (unpaired) electrons. The number of carbonyl (C=O) groups is 1. The second kappa shape index (κ2) is 9.35. The Balaban J connectivity index is 1.34. The largest absolute Gasteiger partial charge is 0.376 e. The predicted molar refractivity (Wildman–Crippen MR) is 113 cm³/mol. The van der Waals surface area contributed by atoms with E-state index in [1.165, 1.54) is 5.56 Å². The lowest BCUT2D eigenvalue weighted by Gasteiger charge is -2.32. The monoisotopic (exact) mass is 394 g/mol. The second-order valence-corrected chi connectivity index (χ2v) is 8.16. The number of amides is 1. The zero-order valence-electron chi connectivity index (χ0n) is 17.1. The summed E-state index contributed by atoms with van der Waals surface area (Å²) >= 11 is 0. The Kier molecular flexibility index (Phi) is 6.39. The minimum absolute atomic E-state index is 0.130. The number of aryl methyl sites for hydroxylation is 1. The van der Waals surface area contributed by atoms with Crippen molar-refractivity contribution in [2.75, 3.05) is 31.1 Å². The predicted octanol–water partition coefficient (Wildman–Crippen LogP) is 3.15. The molecule has 4 rings (SSSR count). The van der Waals surface area contributed by atoms with E-state index in [1.807, 2.05) is 6.92 Å². The van der Waals surface area contributed by atoms with Crippen LogP contribution in [0, 0.1) is 12.8 Å². The molecule has 2 fully saturated rings. The number of ether oxygens (including phenoxy) is 1.